The summed E-state index contributed by atoms with van der Waals surface area (Å²) in [4.78, 5) is 25.1. The van der Waals surface area contributed by atoms with E-state index in [1.807, 2.05) is 4.90 Å². The summed E-state index contributed by atoms with van der Waals surface area (Å²) in [5.41, 5.74) is 12.2. The lowest BCUT2D eigenvalue weighted by atomic mass is 10.0. The lowest BCUT2D eigenvalue weighted by molar-refractivity contribution is -0.129. The number of likely N-dealkylation sites (tertiary alicyclic amines) is 1. The lowest BCUT2D eigenvalue weighted by Crippen LogP contribution is -2.46. The zero-order valence-electron chi connectivity index (χ0n) is 12.0. The summed E-state index contributed by atoms with van der Waals surface area (Å²) in [5, 5.41) is 0. The van der Waals surface area contributed by atoms with Crippen LogP contribution in [-0.4, -0.2) is 35.8 Å². The molecule has 1 aliphatic rings. The fraction of sp³-hybridized carbons (Fsp3) is 0.375. The summed E-state index contributed by atoms with van der Waals surface area (Å²) >= 11 is 0. The molecule has 1 saturated heterocycles. The van der Waals surface area contributed by atoms with Crippen LogP contribution in [0.5, 0.6) is 0 Å². The molecule has 2 amide bonds. The first kappa shape index (κ1) is 15.3. The van der Waals surface area contributed by atoms with Gasteiger partial charge in [0.2, 0.25) is 11.8 Å². The number of hydrogen-bond acceptors (Lipinski definition) is 3. The van der Waals surface area contributed by atoms with E-state index in [2.05, 4.69) is 0 Å². The number of carbonyl (C=O) groups excluding carboxylic acids is 2. The fourth-order valence-corrected chi connectivity index (χ4v) is 2.56. The van der Waals surface area contributed by atoms with Gasteiger partial charge in [-0.2, -0.15) is 0 Å². The number of primary amides is 1. The number of carbonyl (C=O) groups is 2. The fourth-order valence-electron chi connectivity index (χ4n) is 2.56. The van der Waals surface area contributed by atoms with Crippen molar-refractivity contribution < 1.29 is 9.59 Å². The monoisotopic (exact) mass is 287 g/mol. The largest absolute Gasteiger partial charge is 0.366 e. The molecule has 0 radical (unpaired) electrons. The molecule has 0 saturated carbocycles. The maximum Gasteiger partial charge on any atom is 0.248 e. The van der Waals surface area contributed by atoms with Crippen molar-refractivity contribution >= 4 is 17.9 Å². The van der Waals surface area contributed by atoms with Crippen LogP contribution in [0.4, 0.5) is 0 Å². The molecule has 1 heterocycles. The first-order valence-electron chi connectivity index (χ1n) is 7.20. The van der Waals surface area contributed by atoms with Crippen molar-refractivity contribution in [1.29, 1.82) is 0 Å². The van der Waals surface area contributed by atoms with E-state index in [0.29, 0.717) is 12.1 Å². The van der Waals surface area contributed by atoms with E-state index in [0.717, 1.165) is 31.4 Å². The molecular formula is C16H21N3O2. The Morgan fingerprint density at radius 2 is 1.95 bits per heavy atom. The number of nitrogens with two attached hydrogens (primary N) is 2. The van der Waals surface area contributed by atoms with Gasteiger partial charge < -0.3 is 16.4 Å². The number of hydrogen-bond donors (Lipinski definition) is 2. The Labute approximate surface area is 124 Å². The molecule has 1 atom stereocenters. The molecule has 4 N–H and O–H groups in total. The minimum Gasteiger partial charge on any atom is -0.366 e. The molecule has 0 spiro atoms. The molecule has 5 heteroatoms. The number of amides is 2. The van der Waals surface area contributed by atoms with Crippen LogP contribution >= 0.6 is 0 Å². The normalized spacial score (nSPS) is 18.9. The number of benzene rings is 1. The van der Waals surface area contributed by atoms with Crippen molar-refractivity contribution in [3.05, 3.63) is 41.5 Å². The van der Waals surface area contributed by atoms with Crippen LogP contribution in [-0.2, 0) is 4.79 Å². The van der Waals surface area contributed by atoms with Gasteiger partial charge in [0.1, 0.15) is 0 Å². The van der Waals surface area contributed by atoms with Gasteiger partial charge in [-0.05, 0) is 43.0 Å². The predicted octanol–water partition coefficient (Wildman–Crippen LogP) is 1.14. The summed E-state index contributed by atoms with van der Waals surface area (Å²) < 4.78 is 0. The molecule has 1 aromatic rings. The third-order valence-corrected chi connectivity index (χ3v) is 3.80. The standard InChI is InChI=1S/C16H21N3O2/c17-11-14-3-1-2-10-19(14)15(20)9-6-12-4-7-13(8-5-12)16(18)21/h4-9,14H,1-3,10-11,17H2,(H2,18,21). The highest BCUT2D eigenvalue weighted by Crippen LogP contribution is 2.17. The molecule has 5 nitrogen and oxygen atoms in total. The van der Waals surface area contributed by atoms with Gasteiger partial charge in [-0.1, -0.05) is 12.1 Å². The van der Waals surface area contributed by atoms with Crippen LogP contribution in [0.1, 0.15) is 35.2 Å². The minimum atomic E-state index is -0.458. The second-order valence-corrected chi connectivity index (χ2v) is 5.24. The van der Waals surface area contributed by atoms with Gasteiger partial charge in [0.05, 0.1) is 0 Å². The summed E-state index contributed by atoms with van der Waals surface area (Å²) in [6.45, 7) is 1.28. The maximum atomic E-state index is 12.2. The Bertz CT molecular complexity index is 537. The van der Waals surface area contributed by atoms with Crippen molar-refractivity contribution in [2.45, 2.75) is 25.3 Å². The molecule has 0 bridgehead atoms. The van der Waals surface area contributed by atoms with E-state index in [4.69, 9.17) is 11.5 Å². The smallest absolute Gasteiger partial charge is 0.248 e. The van der Waals surface area contributed by atoms with Gasteiger partial charge in [0, 0.05) is 30.8 Å². The van der Waals surface area contributed by atoms with Gasteiger partial charge in [-0.3, -0.25) is 9.59 Å². The molecule has 2 rings (SSSR count). The highest BCUT2D eigenvalue weighted by Gasteiger charge is 2.23. The molecule has 1 aromatic carbocycles. The van der Waals surface area contributed by atoms with Crippen molar-refractivity contribution in [3.63, 3.8) is 0 Å². The van der Waals surface area contributed by atoms with E-state index in [1.54, 1.807) is 36.4 Å². The number of nitrogens with zero attached hydrogens (tertiary/aromatic N) is 1. The first-order chi connectivity index (χ1) is 10.1. The van der Waals surface area contributed by atoms with Crippen LogP contribution in [0.15, 0.2) is 30.3 Å². The Hall–Kier alpha value is -2.14. The molecule has 112 valence electrons. The van der Waals surface area contributed by atoms with Crippen LogP contribution < -0.4 is 11.5 Å². The van der Waals surface area contributed by atoms with Gasteiger partial charge in [0.15, 0.2) is 0 Å². The SMILES string of the molecule is NCC1CCCCN1C(=O)C=Cc1ccc(C(N)=O)cc1. The Morgan fingerprint density at radius 3 is 2.57 bits per heavy atom. The predicted molar refractivity (Wildman–Crippen MR) is 82.4 cm³/mol. The molecule has 0 aromatic heterocycles. The van der Waals surface area contributed by atoms with E-state index < -0.39 is 5.91 Å². The van der Waals surface area contributed by atoms with E-state index >= 15 is 0 Å². The molecule has 21 heavy (non-hydrogen) atoms. The topological polar surface area (TPSA) is 89.4 Å². The Morgan fingerprint density at radius 1 is 1.24 bits per heavy atom. The molecule has 0 aliphatic carbocycles. The van der Waals surface area contributed by atoms with Crippen LogP contribution in [0.25, 0.3) is 6.08 Å². The van der Waals surface area contributed by atoms with Gasteiger partial charge in [0.25, 0.3) is 0 Å². The summed E-state index contributed by atoms with van der Waals surface area (Å²) in [5.74, 6) is -0.468. The second-order valence-electron chi connectivity index (χ2n) is 5.24. The zero-order valence-corrected chi connectivity index (χ0v) is 12.0. The van der Waals surface area contributed by atoms with Gasteiger partial charge in [-0.25, -0.2) is 0 Å². The number of rotatable bonds is 4. The molecular weight excluding hydrogens is 266 g/mol. The Kier molecular flexibility index (Phi) is 5.11. The van der Waals surface area contributed by atoms with Crippen LogP contribution in [0.2, 0.25) is 0 Å². The summed E-state index contributed by atoms with van der Waals surface area (Å²) in [6, 6.07) is 6.97. The van der Waals surface area contributed by atoms with Crippen molar-refractivity contribution in [3.8, 4) is 0 Å². The van der Waals surface area contributed by atoms with Crippen molar-refractivity contribution in [2.24, 2.45) is 11.5 Å². The molecule has 1 fully saturated rings. The third kappa shape index (κ3) is 3.92. The second kappa shape index (κ2) is 7.04. The Balaban J connectivity index is 2.02. The van der Waals surface area contributed by atoms with Crippen LogP contribution in [0, 0.1) is 0 Å². The van der Waals surface area contributed by atoms with Crippen molar-refractivity contribution in [1.82, 2.24) is 4.90 Å². The maximum absolute atomic E-state index is 12.2. The minimum absolute atomic E-state index is 0.0101. The summed E-state index contributed by atoms with van der Waals surface area (Å²) in [6.07, 6.45) is 6.44. The van der Waals surface area contributed by atoms with Gasteiger partial charge >= 0.3 is 0 Å². The average molecular weight is 287 g/mol. The quantitative estimate of drug-likeness (QED) is 0.814. The molecule has 1 unspecified atom stereocenters. The highest BCUT2D eigenvalue weighted by atomic mass is 16.2. The average Bonchev–Trinajstić information content (AvgIpc) is 2.52. The number of piperidine rings is 1. The van der Waals surface area contributed by atoms with Gasteiger partial charge in [-0.15, -0.1) is 0 Å². The lowest BCUT2D eigenvalue weighted by Gasteiger charge is -2.34. The van der Waals surface area contributed by atoms with E-state index in [1.165, 1.54) is 0 Å². The third-order valence-electron chi connectivity index (χ3n) is 3.80. The first-order valence-corrected chi connectivity index (χ1v) is 7.20. The summed E-state index contributed by atoms with van der Waals surface area (Å²) in [7, 11) is 0. The van der Waals surface area contributed by atoms with Crippen molar-refractivity contribution in [2.75, 3.05) is 13.1 Å². The van der Waals surface area contributed by atoms with E-state index in [-0.39, 0.29) is 11.9 Å². The highest BCUT2D eigenvalue weighted by molar-refractivity contribution is 5.94. The zero-order chi connectivity index (χ0) is 15.2. The molecule has 1 aliphatic heterocycles. The van der Waals surface area contributed by atoms with Crippen LogP contribution in [0.3, 0.4) is 0 Å². The van der Waals surface area contributed by atoms with E-state index in [9.17, 15) is 9.59 Å².